The molecule has 1 unspecified atom stereocenters. The average Bonchev–Trinajstić information content (AvgIpc) is 2.75. The molecule has 0 radical (unpaired) electrons. The van der Waals surface area contributed by atoms with Crippen LogP contribution in [0.25, 0.3) is 0 Å². The van der Waals surface area contributed by atoms with Crippen molar-refractivity contribution in [2.24, 2.45) is 0 Å². The van der Waals surface area contributed by atoms with Gasteiger partial charge in [0.2, 0.25) is 0 Å². The Morgan fingerprint density at radius 3 is 2.33 bits per heavy atom. The summed E-state index contributed by atoms with van der Waals surface area (Å²) >= 11 is 0. The lowest BCUT2D eigenvalue weighted by Crippen LogP contribution is -2.41. The van der Waals surface area contributed by atoms with Crippen LogP contribution in [-0.4, -0.2) is 43.3 Å². The predicted octanol–water partition coefficient (Wildman–Crippen LogP) is 2.26. The first-order valence-electron chi connectivity index (χ1n) is 7.34. The molecule has 1 atom stereocenters. The SMILES string of the molecule is CCN(C(=O)c1cc(C)c(C)cc1C)C1CCS(=O)(=O)C1. The Hall–Kier alpha value is -1.36. The standard InChI is InChI=1S/C16H23NO3S/c1-5-17(14-6-7-21(19,20)10-14)16(18)15-9-12(3)11(2)8-13(15)4/h8-9,14H,5-7,10H2,1-4H3. The minimum atomic E-state index is -2.99. The summed E-state index contributed by atoms with van der Waals surface area (Å²) in [7, 11) is -2.99. The van der Waals surface area contributed by atoms with Crippen LogP contribution in [0.15, 0.2) is 12.1 Å². The van der Waals surface area contributed by atoms with Crippen molar-refractivity contribution >= 4 is 15.7 Å². The molecule has 1 aromatic rings. The number of nitrogens with zero attached hydrogens (tertiary/aromatic N) is 1. The van der Waals surface area contributed by atoms with Gasteiger partial charge in [0.1, 0.15) is 0 Å². The first-order valence-corrected chi connectivity index (χ1v) is 9.16. The van der Waals surface area contributed by atoms with Gasteiger partial charge in [-0.2, -0.15) is 0 Å². The summed E-state index contributed by atoms with van der Waals surface area (Å²) in [5.41, 5.74) is 3.88. The van der Waals surface area contributed by atoms with Crippen molar-refractivity contribution in [2.45, 2.75) is 40.2 Å². The lowest BCUT2D eigenvalue weighted by Gasteiger charge is -2.27. The van der Waals surface area contributed by atoms with Crippen molar-refractivity contribution in [3.63, 3.8) is 0 Å². The van der Waals surface area contributed by atoms with Crippen LogP contribution in [0.1, 0.15) is 40.4 Å². The molecule has 0 aliphatic carbocycles. The Labute approximate surface area is 127 Å². The van der Waals surface area contributed by atoms with Crippen LogP contribution < -0.4 is 0 Å². The fourth-order valence-corrected chi connectivity index (χ4v) is 4.67. The van der Waals surface area contributed by atoms with Gasteiger partial charge in [0.05, 0.1) is 11.5 Å². The molecule has 4 nitrogen and oxygen atoms in total. The van der Waals surface area contributed by atoms with Crippen molar-refractivity contribution in [3.05, 3.63) is 34.4 Å². The van der Waals surface area contributed by atoms with Crippen molar-refractivity contribution in [2.75, 3.05) is 18.1 Å². The van der Waals surface area contributed by atoms with Crippen LogP contribution in [0.4, 0.5) is 0 Å². The Morgan fingerprint density at radius 2 is 1.81 bits per heavy atom. The number of hydrogen-bond acceptors (Lipinski definition) is 3. The van der Waals surface area contributed by atoms with E-state index in [1.807, 2.05) is 39.8 Å². The predicted molar refractivity (Wildman–Crippen MR) is 84.4 cm³/mol. The molecule has 1 saturated heterocycles. The second kappa shape index (κ2) is 5.79. The third-order valence-electron chi connectivity index (χ3n) is 4.32. The zero-order valence-corrected chi connectivity index (χ0v) is 14.0. The number of sulfone groups is 1. The third-order valence-corrected chi connectivity index (χ3v) is 6.07. The summed E-state index contributed by atoms with van der Waals surface area (Å²) in [5.74, 6) is 0.226. The second-order valence-corrected chi connectivity index (χ2v) is 8.13. The zero-order valence-electron chi connectivity index (χ0n) is 13.1. The molecule has 1 aliphatic heterocycles. The zero-order chi connectivity index (χ0) is 15.8. The smallest absolute Gasteiger partial charge is 0.254 e. The summed E-state index contributed by atoms with van der Waals surface area (Å²) in [6, 6.07) is 3.74. The van der Waals surface area contributed by atoms with Crippen molar-refractivity contribution in [3.8, 4) is 0 Å². The summed E-state index contributed by atoms with van der Waals surface area (Å²) < 4.78 is 23.3. The van der Waals surface area contributed by atoms with Crippen LogP contribution in [0, 0.1) is 20.8 Å². The third kappa shape index (κ3) is 3.28. The van der Waals surface area contributed by atoms with Crippen LogP contribution in [0.5, 0.6) is 0 Å². The molecule has 21 heavy (non-hydrogen) atoms. The van der Waals surface area contributed by atoms with E-state index < -0.39 is 9.84 Å². The van der Waals surface area contributed by atoms with Crippen LogP contribution >= 0.6 is 0 Å². The molecule has 5 heteroatoms. The molecule has 0 saturated carbocycles. The Bertz CT molecular complexity index is 664. The van der Waals surface area contributed by atoms with Crippen LogP contribution in [0.2, 0.25) is 0 Å². The van der Waals surface area contributed by atoms with E-state index in [1.165, 1.54) is 0 Å². The number of hydrogen-bond donors (Lipinski definition) is 0. The summed E-state index contributed by atoms with van der Waals surface area (Å²) in [6.07, 6.45) is 0.547. The molecule has 1 aromatic carbocycles. The molecule has 0 N–H and O–H groups in total. The minimum absolute atomic E-state index is 0.0554. The van der Waals surface area contributed by atoms with E-state index in [-0.39, 0.29) is 23.5 Å². The Balaban J connectivity index is 2.31. The molecule has 1 fully saturated rings. The van der Waals surface area contributed by atoms with E-state index in [0.717, 1.165) is 16.7 Å². The van der Waals surface area contributed by atoms with Gasteiger partial charge in [-0.1, -0.05) is 6.07 Å². The number of carbonyl (C=O) groups excluding carboxylic acids is 1. The molecule has 0 spiro atoms. The highest BCUT2D eigenvalue weighted by Gasteiger charge is 2.34. The van der Waals surface area contributed by atoms with Gasteiger partial charge in [-0.05, 0) is 56.9 Å². The monoisotopic (exact) mass is 309 g/mol. The largest absolute Gasteiger partial charge is 0.335 e. The maximum atomic E-state index is 12.8. The van der Waals surface area contributed by atoms with Crippen molar-refractivity contribution in [1.29, 1.82) is 0 Å². The number of amides is 1. The summed E-state index contributed by atoms with van der Waals surface area (Å²) in [6.45, 7) is 8.38. The first-order chi connectivity index (χ1) is 9.75. The maximum Gasteiger partial charge on any atom is 0.254 e. The molecule has 0 aromatic heterocycles. The molecule has 1 aliphatic rings. The van der Waals surface area contributed by atoms with E-state index in [1.54, 1.807) is 4.90 Å². The number of aryl methyl sites for hydroxylation is 3. The van der Waals surface area contributed by atoms with Gasteiger partial charge < -0.3 is 4.90 Å². The Morgan fingerprint density at radius 1 is 1.19 bits per heavy atom. The molecular weight excluding hydrogens is 286 g/mol. The molecule has 2 rings (SSSR count). The minimum Gasteiger partial charge on any atom is -0.335 e. The van der Waals surface area contributed by atoms with E-state index in [0.29, 0.717) is 18.5 Å². The quantitative estimate of drug-likeness (QED) is 0.860. The topological polar surface area (TPSA) is 54.5 Å². The van der Waals surface area contributed by atoms with E-state index in [4.69, 9.17) is 0 Å². The highest BCUT2D eigenvalue weighted by molar-refractivity contribution is 7.91. The van der Waals surface area contributed by atoms with E-state index in [9.17, 15) is 13.2 Å². The van der Waals surface area contributed by atoms with Crippen molar-refractivity contribution < 1.29 is 13.2 Å². The lowest BCUT2D eigenvalue weighted by molar-refractivity contribution is 0.0707. The van der Waals surface area contributed by atoms with Crippen LogP contribution in [-0.2, 0) is 9.84 Å². The van der Waals surface area contributed by atoms with E-state index in [2.05, 4.69) is 0 Å². The fourth-order valence-electron chi connectivity index (χ4n) is 2.93. The Kier molecular flexibility index (Phi) is 4.42. The van der Waals surface area contributed by atoms with Gasteiger partial charge in [-0.25, -0.2) is 8.42 Å². The van der Waals surface area contributed by atoms with Gasteiger partial charge in [-0.15, -0.1) is 0 Å². The molecule has 1 heterocycles. The first kappa shape index (κ1) is 16.0. The highest BCUT2D eigenvalue weighted by atomic mass is 32.2. The van der Waals surface area contributed by atoms with Crippen molar-refractivity contribution in [1.82, 2.24) is 4.90 Å². The number of rotatable bonds is 3. The van der Waals surface area contributed by atoms with Crippen LogP contribution in [0.3, 0.4) is 0 Å². The number of benzene rings is 1. The lowest BCUT2D eigenvalue weighted by atomic mass is 9.99. The van der Waals surface area contributed by atoms with E-state index >= 15 is 0 Å². The summed E-state index contributed by atoms with van der Waals surface area (Å²) in [5, 5.41) is 0. The van der Waals surface area contributed by atoms with Gasteiger partial charge >= 0.3 is 0 Å². The van der Waals surface area contributed by atoms with Gasteiger partial charge in [0.15, 0.2) is 9.84 Å². The molecule has 1 amide bonds. The van der Waals surface area contributed by atoms with Gasteiger partial charge in [-0.3, -0.25) is 4.79 Å². The maximum absolute atomic E-state index is 12.8. The van der Waals surface area contributed by atoms with Gasteiger partial charge in [0, 0.05) is 18.2 Å². The normalized spacial score (nSPS) is 20.5. The second-order valence-electron chi connectivity index (χ2n) is 5.90. The highest BCUT2D eigenvalue weighted by Crippen LogP contribution is 2.22. The van der Waals surface area contributed by atoms with Gasteiger partial charge in [0.25, 0.3) is 5.91 Å². The fraction of sp³-hybridized carbons (Fsp3) is 0.562. The summed E-state index contributed by atoms with van der Waals surface area (Å²) in [4.78, 5) is 14.5. The average molecular weight is 309 g/mol. The molecular formula is C16H23NO3S. The molecule has 0 bridgehead atoms. The number of carbonyl (C=O) groups is 1. The molecule has 116 valence electrons.